The van der Waals surface area contributed by atoms with Crippen LogP contribution in [0.3, 0.4) is 0 Å². The number of nitrogens with zero attached hydrogens (tertiary/aromatic N) is 1. The first-order chi connectivity index (χ1) is 8.60. The highest BCUT2D eigenvalue weighted by Crippen LogP contribution is 2.19. The molecule has 0 aromatic rings. The Bertz CT molecular complexity index is 347. The number of carbonyl (C=O) groups is 2. The van der Waals surface area contributed by atoms with Crippen LogP contribution in [0.25, 0.3) is 0 Å². The van der Waals surface area contributed by atoms with Gasteiger partial charge in [-0.05, 0) is 19.3 Å². The highest BCUT2D eigenvalue weighted by Gasteiger charge is 2.34. The molecule has 0 spiro atoms. The smallest absolute Gasteiger partial charge is 0.326 e. The van der Waals surface area contributed by atoms with Crippen LogP contribution in [-0.4, -0.2) is 47.2 Å². The second-order valence-electron chi connectivity index (χ2n) is 4.31. The average Bonchev–Trinajstić information content (AvgIpc) is 2.83. The van der Waals surface area contributed by atoms with Crippen molar-refractivity contribution in [1.29, 1.82) is 0 Å². The van der Waals surface area contributed by atoms with Gasteiger partial charge in [0.1, 0.15) is 12.1 Å². The number of carboxylic acids is 1. The fourth-order valence-corrected chi connectivity index (χ4v) is 2.02. The molecule has 5 nitrogen and oxygen atoms in total. The molecular weight excluding hydrogens is 234 g/mol. The van der Waals surface area contributed by atoms with E-state index in [1.807, 2.05) is 6.92 Å². The van der Waals surface area contributed by atoms with E-state index in [-0.39, 0.29) is 12.3 Å². The van der Waals surface area contributed by atoms with Gasteiger partial charge in [0.05, 0.1) is 6.42 Å². The van der Waals surface area contributed by atoms with Crippen molar-refractivity contribution < 1.29 is 19.4 Å². The van der Waals surface area contributed by atoms with Crippen molar-refractivity contribution in [2.45, 2.75) is 44.8 Å². The van der Waals surface area contributed by atoms with Gasteiger partial charge < -0.3 is 14.7 Å². The van der Waals surface area contributed by atoms with E-state index < -0.39 is 18.1 Å². The fraction of sp³-hybridized carbons (Fsp3) is 0.692. The first-order valence-corrected chi connectivity index (χ1v) is 6.20. The van der Waals surface area contributed by atoms with E-state index in [0.717, 1.165) is 12.8 Å². The maximum atomic E-state index is 12.0. The molecule has 5 heteroatoms. The number of ether oxygens (including phenoxy) is 1. The van der Waals surface area contributed by atoms with E-state index in [0.29, 0.717) is 19.6 Å². The minimum atomic E-state index is -0.951. The number of hydrogen-bond acceptors (Lipinski definition) is 3. The third-order valence-corrected chi connectivity index (χ3v) is 2.93. The first-order valence-electron chi connectivity index (χ1n) is 6.20. The van der Waals surface area contributed by atoms with Crippen molar-refractivity contribution in [2.75, 3.05) is 13.2 Å². The summed E-state index contributed by atoms with van der Waals surface area (Å²) >= 11 is 0. The van der Waals surface area contributed by atoms with Gasteiger partial charge in [0, 0.05) is 13.2 Å². The summed E-state index contributed by atoms with van der Waals surface area (Å²) in [5, 5.41) is 9.00. The minimum absolute atomic E-state index is 0.0558. The summed E-state index contributed by atoms with van der Waals surface area (Å²) in [6.07, 6.45) is 6.85. The van der Waals surface area contributed by atoms with Gasteiger partial charge >= 0.3 is 5.97 Å². The summed E-state index contributed by atoms with van der Waals surface area (Å²) in [4.78, 5) is 24.3. The molecule has 1 saturated heterocycles. The zero-order valence-electron chi connectivity index (χ0n) is 10.6. The van der Waals surface area contributed by atoms with Crippen LogP contribution in [0.1, 0.15) is 32.6 Å². The molecule has 1 aliphatic heterocycles. The van der Waals surface area contributed by atoms with Crippen LogP contribution < -0.4 is 0 Å². The van der Waals surface area contributed by atoms with Crippen molar-refractivity contribution >= 4 is 11.9 Å². The summed E-state index contributed by atoms with van der Waals surface area (Å²) in [5.41, 5.74) is 0. The normalized spacial score (nSPS) is 20.4. The number of amides is 1. The van der Waals surface area contributed by atoms with Crippen molar-refractivity contribution in [3.63, 3.8) is 0 Å². The molecule has 0 aromatic carbocycles. The maximum absolute atomic E-state index is 12.0. The van der Waals surface area contributed by atoms with E-state index in [4.69, 9.17) is 16.3 Å². The average molecular weight is 253 g/mol. The molecule has 0 saturated carbocycles. The predicted molar refractivity (Wildman–Crippen MR) is 65.9 cm³/mol. The third kappa shape index (κ3) is 3.74. The molecule has 1 unspecified atom stereocenters. The summed E-state index contributed by atoms with van der Waals surface area (Å²) in [5.74, 6) is 1.23. The molecule has 0 bridgehead atoms. The van der Waals surface area contributed by atoms with Gasteiger partial charge in [0.15, 0.2) is 0 Å². The lowest BCUT2D eigenvalue weighted by Gasteiger charge is -2.22. The Labute approximate surface area is 107 Å². The highest BCUT2D eigenvalue weighted by molar-refractivity contribution is 5.84. The third-order valence-electron chi connectivity index (χ3n) is 2.93. The maximum Gasteiger partial charge on any atom is 0.326 e. The van der Waals surface area contributed by atoms with Crippen molar-refractivity contribution in [3.05, 3.63) is 0 Å². The zero-order valence-corrected chi connectivity index (χ0v) is 10.6. The number of aliphatic carboxylic acids is 1. The number of carbonyl (C=O) groups excluding carboxylic acids is 1. The number of hydrogen-bond donors (Lipinski definition) is 1. The van der Waals surface area contributed by atoms with Crippen LogP contribution in [-0.2, 0) is 14.3 Å². The molecule has 1 amide bonds. The molecule has 1 heterocycles. The molecule has 18 heavy (non-hydrogen) atoms. The van der Waals surface area contributed by atoms with Gasteiger partial charge in [-0.2, -0.15) is 0 Å². The molecule has 1 fully saturated rings. The summed E-state index contributed by atoms with van der Waals surface area (Å²) < 4.78 is 5.34. The van der Waals surface area contributed by atoms with Gasteiger partial charge in [-0.1, -0.05) is 12.8 Å². The van der Waals surface area contributed by atoms with Crippen molar-refractivity contribution in [1.82, 2.24) is 4.90 Å². The quantitative estimate of drug-likeness (QED) is 0.714. The van der Waals surface area contributed by atoms with Crippen LogP contribution >= 0.6 is 0 Å². The second kappa shape index (κ2) is 7.02. The van der Waals surface area contributed by atoms with Crippen LogP contribution in [0.4, 0.5) is 0 Å². The van der Waals surface area contributed by atoms with Gasteiger partial charge in [-0.25, -0.2) is 4.79 Å². The lowest BCUT2D eigenvalue weighted by atomic mass is 10.2. The van der Waals surface area contributed by atoms with Crippen molar-refractivity contribution in [3.8, 4) is 12.3 Å². The predicted octanol–water partition coefficient (Wildman–Crippen LogP) is 0.880. The molecule has 0 aromatic heterocycles. The molecule has 0 radical (unpaired) electrons. The number of rotatable bonds is 6. The van der Waals surface area contributed by atoms with E-state index in [2.05, 4.69) is 5.92 Å². The number of likely N-dealkylation sites (tertiary alicyclic amines) is 1. The van der Waals surface area contributed by atoms with Gasteiger partial charge in [-0.3, -0.25) is 4.79 Å². The largest absolute Gasteiger partial charge is 0.480 e. The van der Waals surface area contributed by atoms with E-state index in [1.165, 1.54) is 4.90 Å². The lowest BCUT2D eigenvalue weighted by molar-refractivity contribution is -0.149. The molecule has 1 N–H and O–H groups in total. The van der Waals surface area contributed by atoms with Crippen LogP contribution in [0.5, 0.6) is 0 Å². The summed E-state index contributed by atoms with van der Waals surface area (Å²) in [7, 11) is 0. The highest BCUT2D eigenvalue weighted by atomic mass is 16.5. The molecule has 100 valence electrons. The van der Waals surface area contributed by atoms with Gasteiger partial charge in [0.2, 0.25) is 5.91 Å². The Balaban J connectivity index is 2.53. The van der Waals surface area contributed by atoms with E-state index in [1.54, 1.807) is 0 Å². The Morgan fingerprint density at radius 2 is 2.33 bits per heavy atom. The fourth-order valence-electron chi connectivity index (χ4n) is 2.02. The standard InChI is InChI=1S/C13H19NO4/c1-3-8-18-10(4-2)9-12(15)14-7-5-6-11(14)13(16)17/h2,10-11H,3,5-9H2,1H3,(H,16,17)/t10?,11-/m0/s1. The molecule has 2 atom stereocenters. The van der Waals surface area contributed by atoms with E-state index in [9.17, 15) is 9.59 Å². The van der Waals surface area contributed by atoms with Crippen molar-refractivity contribution in [2.24, 2.45) is 0 Å². The van der Waals surface area contributed by atoms with Crippen LogP contribution in [0.15, 0.2) is 0 Å². The molecular formula is C13H19NO4. The number of carboxylic acid groups (broad SMARTS) is 1. The topological polar surface area (TPSA) is 66.8 Å². The van der Waals surface area contributed by atoms with Gasteiger partial charge in [0.25, 0.3) is 0 Å². The molecule has 1 rings (SSSR count). The SMILES string of the molecule is C#CC(CC(=O)N1CCC[C@H]1C(=O)O)OCCC. The van der Waals surface area contributed by atoms with Crippen LogP contribution in [0, 0.1) is 12.3 Å². The minimum Gasteiger partial charge on any atom is -0.480 e. The number of terminal acetylenes is 1. The molecule has 1 aliphatic rings. The van der Waals surface area contributed by atoms with E-state index >= 15 is 0 Å². The first kappa shape index (κ1) is 14.5. The Morgan fingerprint density at radius 3 is 2.89 bits per heavy atom. The zero-order chi connectivity index (χ0) is 13.5. The Morgan fingerprint density at radius 1 is 1.61 bits per heavy atom. The van der Waals surface area contributed by atoms with Crippen LogP contribution in [0.2, 0.25) is 0 Å². The van der Waals surface area contributed by atoms with Gasteiger partial charge in [-0.15, -0.1) is 6.42 Å². The monoisotopic (exact) mass is 253 g/mol. The summed E-state index contributed by atoms with van der Waals surface area (Å²) in [6.45, 7) is 2.95. The molecule has 0 aliphatic carbocycles. The second-order valence-corrected chi connectivity index (χ2v) is 4.31. The Hall–Kier alpha value is -1.54. The lowest BCUT2D eigenvalue weighted by Crippen LogP contribution is -2.41. The summed E-state index contributed by atoms with van der Waals surface area (Å²) in [6, 6.07) is -0.706. The Kier molecular flexibility index (Phi) is 5.66.